The van der Waals surface area contributed by atoms with E-state index in [-0.39, 0.29) is 15.7 Å². The highest BCUT2D eigenvalue weighted by Crippen LogP contribution is 2.35. The third-order valence-corrected chi connectivity index (χ3v) is 7.49. The number of hydrogen-bond acceptors (Lipinski definition) is 3. The molecular weight excluding hydrogens is 532 g/mol. The molecular formula is C23H14Cl3F3N2O2S. The van der Waals surface area contributed by atoms with Gasteiger partial charge in [-0.3, -0.25) is 9.71 Å². The SMILES string of the molecule is O=S(=O)(Nc1cc(Cl)c(Cc2ccc3ccccc3n2)c(Cl)c1)c1ccc(C(F)(F)F)cc1Cl. The minimum atomic E-state index is -4.66. The summed E-state index contributed by atoms with van der Waals surface area (Å²) in [6, 6.07) is 16.1. The molecule has 0 atom stereocenters. The van der Waals surface area contributed by atoms with Gasteiger partial charge in [-0.1, -0.05) is 59.1 Å². The fourth-order valence-corrected chi connectivity index (χ4v) is 5.53. The summed E-state index contributed by atoms with van der Waals surface area (Å²) in [5.41, 5.74) is 1.04. The minimum absolute atomic E-state index is 0.0289. The lowest BCUT2D eigenvalue weighted by atomic mass is 10.1. The van der Waals surface area contributed by atoms with E-state index < -0.39 is 31.7 Å². The van der Waals surface area contributed by atoms with Gasteiger partial charge < -0.3 is 0 Å². The standard InChI is InChI=1S/C23H14Cl3F3N2O2S/c24-18-11-16(31-34(32,33)22-8-6-14(9-20(22)26)23(27,28)29)12-19(25)17(18)10-15-7-5-13-3-1-2-4-21(13)30-15/h1-9,11-12,31H,10H2. The number of nitrogens with zero attached hydrogens (tertiary/aromatic N) is 1. The summed E-state index contributed by atoms with van der Waals surface area (Å²) in [4.78, 5) is 4.07. The molecule has 0 spiro atoms. The van der Waals surface area contributed by atoms with E-state index in [4.69, 9.17) is 34.8 Å². The Morgan fingerprint density at radius 3 is 2.18 bits per heavy atom. The van der Waals surface area contributed by atoms with Crippen molar-refractivity contribution in [3.63, 3.8) is 0 Å². The van der Waals surface area contributed by atoms with Crippen LogP contribution in [0.2, 0.25) is 15.1 Å². The highest BCUT2D eigenvalue weighted by molar-refractivity contribution is 7.92. The smallest absolute Gasteiger partial charge is 0.279 e. The van der Waals surface area contributed by atoms with Gasteiger partial charge in [0.05, 0.1) is 21.8 Å². The number of alkyl halides is 3. The van der Waals surface area contributed by atoms with Crippen LogP contribution in [0.5, 0.6) is 0 Å². The van der Waals surface area contributed by atoms with Crippen molar-refractivity contribution in [1.29, 1.82) is 0 Å². The first-order chi connectivity index (χ1) is 15.9. The summed E-state index contributed by atoms with van der Waals surface area (Å²) >= 11 is 18.6. The van der Waals surface area contributed by atoms with E-state index in [1.807, 2.05) is 36.4 Å². The molecule has 3 aromatic carbocycles. The molecule has 1 N–H and O–H groups in total. The topological polar surface area (TPSA) is 59.1 Å². The number of fused-ring (bicyclic) bond motifs is 1. The highest BCUT2D eigenvalue weighted by Gasteiger charge is 2.32. The van der Waals surface area contributed by atoms with Crippen LogP contribution in [0.3, 0.4) is 0 Å². The number of hydrogen-bond donors (Lipinski definition) is 1. The van der Waals surface area contributed by atoms with Gasteiger partial charge in [-0.05, 0) is 48.0 Å². The average molecular weight is 546 g/mol. The van der Waals surface area contributed by atoms with Gasteiger partial charge >= 0.3 is 6.18 Å². The molecule has 0 amide bonds. The van der Waals surface area contributed by atoms with Crippen molar-refractivity contribution in [2.24, 2.45) is 0 Å². The summed E-state index contributed by atoms with van der Waals surface area (Å²) < 4.78 is 66.3. The van der Waals surface area contributed by atoms with Crippen LogP contribution < -0.4 is 4.72 Å². The number of anilines is 1. The molecule has 0 aliphatic rings. The van der Waals surface area contributed by atoms with Crippen LogP contribution in [0.4, 0.5) is 18.9 Å². The van der Waals surface area contributed by atoms with Gasteiger partial charge in [-0.25, -0.2) is 8.42 Å². The minimum Gasteiger partial charge on any atom is -0.279 e. The van der Waals surface area contributed by atoms with Crippen molar-refractivity contribution < 1.29 is 21.6 Å². The van der Waals surface area contributed by atoms with Gasteiger partial charge in [0.2, 0.25) is 0 Å². The number of sulfonamides is 1. The lowest BCUT2D eigenvalue weighted by Gasteiger charge is -2.14. The fraction of sp³-hybridized carbons (Fsp3) is 0.0870. The first kappa shape index (κ1) is 24.6. The van der Waals surface area contributed by atoms with Crippen molar-refractivity contribution in [1.82, 2.24) is 4.98 Å². The number of para-hydroxylation sites is 1. The first-order valence-corrected chi connectivity index (χ1v) is 12.3. The zero-order chi connectivity index (χ0) is 24.7. The number of rotatable bonds is 5. The summed E-state index contributed by atoms with van der Waals surface area (Å²) in [6.45, 7) is 0. The molecule has 11 heteroatoms. The Bertz CT molecular complexity index is 1490. The molecule has 4 rings (SSSR count). The van der Waals surface area contributed by atoms with Gasteiger partial charge in [0, 0.05) is 27.5 Å². The molecule has 4 nitrogen and oxygen atoms in total. The Morgan fingerprint density at radius 1 is 0.853 bits per heavy atom. The Labute approximate surface area is 208 Å². The van der Waals surface area contributed by atoms with Crippen LogP contribution in [0.25, 0.3) is 10.9 Å². The zero-order valence-corrected chi connectivity index (χ0v) is 20.1. The van der Waals surface area contributed by atoms with Crippen molar-refractivity contribution >= 4 is 61.4 Å². The maximum absolute atomic E-state index is 12.8. The number of benzene rings is 3. The van der Waals surface area contributed by atoms with Crippen LogP contribution in [0, 0.1) is 0 Å². The molecule has 176 valence electrons. The molecule has 0 saturated heterocycles. The number of halogens is 6. The van der Waals surface area contributed by atoms with E-state index in [9.17, 15) is 21.6 Å². The molecule has 0 aliphatic carbocycles. The molecule has 4 aromatic rings. The molecule has 0 saturated carbocycles. The maximum Gasteiger partial charge on any atom is 0.416 e. The van der Waals surface area contributed by atoms with Crippen molar-refractivity contribution in [2.75, 3.05) is 4.72 Å². The third-order valence-electron chi connectivity index (χ3n) is 4.96. The lowest BCUT2D eigenvalue weighted by molar-refractivity contribution is -0.137. The molecule has 0 fully saturated rings. The monoisotopic (exact) mass is 544 g/mol. The lowest BCUT2D eigenvalue weighted by Crippen LogP contribution is -2.14. The Morgan fingerprint density at radius 2 is 1.53 bits per heavy atom. The van der Waals surface area contributed by atoms with E-state index >= 15 is 0 Å². The largest absolute Gasteiger partial charge is 0.416 e. The molecule has 1 aromatic heterocycles. The van der Waals surface area contributed by atoms with Crippen LogP contribution >= 0.6 is 34.8 Å². The number of aromatic nitrogens is 1. The van der Waals surface area contributed by atoms with Crippen LogP contribution in [-0.4, -0.2) is 13.4 Å². The second-order valence-electron chi connectivity index (χ2n) is 7.34. The van der Waals surface area contributed by atoms with Gasteiger partial charge in [0.15, 0.2) is 0 Å². The molecule has 0 radical (unpaired) electrons. The van der Waals surface area contributed by atoms with Crippen LogP contribution in [-0.2, 0) is 22.6 Å². The predicted octanol–water partition coefficient (Wildman–Crippen LogP) is 7.61. The Kier molecular flexibility index (Phi) is 6.70. The average Bonchev–Trinajstić information content (AvgIpc) is 2.75. The normalized spacial score (nSPS) is 12.2. The zero-order valence-electron chi connectivity index (χ0n) is 17.0. The summed E-state index contributed by atoms with van der Waals surface area (Å²) in [7, 11) is -4.31. The van der Waals surface area contributed by atoms with E-state index in [0.717, 1.165) is 17.0 Å². The molecule has 0 aliphatic heterocycles. The Balaban J connectivity index is 1.60. The highest BCUT2D eigenvalue weighted by atomic mass is 35.5. The Hall–Kier alpha value is -2.52. The van der Waals surface area contributed by atoms with E-state index in [1.165, 1.54) is 12.1 Å². The molecule has 1 heterocycles. The molecule has 0 bridgehead atoms. The second-order valence-corrected chi connectivity index (χ2v) is 10.2. The summed E-state index contributed by atoms with van der Waals surface area (Å²) in [5, 5.41) is 0.797. The fourth-order valence-electron chi connectivity index (χ4n) is 3.32. The number of nitrogens with one attached hydrogen (secondary N) is 1. The van der Waals surface area contributed by atoms with E-state index in [0.29, 0.717) is 29.8 Å². The summed E-state index contributed by atoms with van der Waals surface area (Å²) in [6.07, 6.45) is -4.35. The van der Waals surface area contributed by atoms with Crippen LogP contribution in [0.15, 0.2) is 71.6 Å². The number of pyridine rings is 1. The van der Waals surface area contributed by atoms with Crippen molar-refractivity contribution in [3.05, 3.63) is 98.6 Å². The first-order valence-electron chi connectivity index (χ1n) is 9.66. The summed E-state index contributed by atoms with van der Waals surface area (Å²) in [5.74, 6) is 0. The van der Waals surface area contributed by atoms with Crippen LogP contribution in [0.1, 0.15) is 16.8 Å². The van der Waals surface area contributed by atoms with Crippen molar-refractivity contribution in [3.8, 4) is 0 Å². The maximum atomic E-state index is 12.8. The molecule has 0 unspecified atom stereocenters. The van der Waals surface area contributed by atoms with Gasteiger partial charge in [0.25, 0.3) is 10.0 Å². The van der Waals surface area contributed by atoms with Gasteiger partial charge in [-0.15, -0.1) is 0 Å². The van der Waals surface area contributed by atoms with Gasteiger partial charge in [0.1, 0.15) is 4.90 Å². The third kappa shape index (κ3) is 5.25. The predicted molar refractivity (Wildman–Crippen MR) is 128 cm³/mol. The van der Waals surface area contributed by atoms with E-state index in [2.05, 4.69) is 9.71 Å². The van der Waals surface area contributed by atoms with Crippen molar-refractivity contribution in [2.45, 2.75) is 17.5 Å². The van der Waals surface area contributed by atoms with Gasteiger partial charge in [-0.2, -0.15) is 13.2 Å². The second kappa shape index (κ2) is 9.26. The molecule has 34 heavy (non-hydrogen) atoms. The van der Waals surface area contributed by atoms with E-state index in [1.54, 1.807) is 0 Å². The quantitative estimate of drug-likeness (QED) is 0.281.